The van der Waals surface area contributed by atoms with Crippen molar-refractivity contribution in [2.45, 2.75) is 33.6 Å². The van der Waals surface area contributed by atoms with Crippen molar-refractivity contribution < 1.29 is 9.53 Å². The average Bonchev–Trinajstić information content (AvgIpc) is 2.41. The van der Waals surface area contributed by atoms with Crippen molar-refractivity contribution in [2.24, 2.45) is 5.92 Å². The van der Waals surface area contributed by atoms with Crippen molar-refractivity contribution in [3.8, 4) is 5.75 Å². The van der Waals surface area contributed by atoms with Crippen LogP contribution in [0.4, 0.5) is 0 Å². The molecule has 0 aliphatic rings. The number of nitrogens with one attached hydrogen (secondary N) is 1. The topological polar surface area (TPSA) is 38.3 Å². The fourth-order valence-electron chi connectivity index (χ4n) is 1.74. The number of rotatable bonds is 7. The molecule has 0 aliphatic heterocycles. The van der Waals surface area contributed by atoms with E-state index < -0.39 is 0 Å². The smallest absolute Gasteiger partial charge is 0.257 e. The van der Waals surface area contributed by atoms with Crippen LogP contribution >= 0.6 is 11.6 Å². The summed E-state index contributed by atoms with van der Waals surface area (Å²) in [6, 6.07) is 5.37. The minimum Gasteiger partial charge on any atom is -0.484 e. The van der Waals surface area contributed by atoms with Gasteiger partial charge in [0.2, 0.25) is 0 Å². The normalized spacial score (nSPS) is 10.6. The Morgan fingerprint density at radius 3 is 2.63 bits per heavy atom. The third-order valence-electron chi connectivity index (χ3n) is 3.24. The van der Waals surface area contributed by atoms with Gasteiger partial charge in [0.1, 0.15) is 5.75 Å². The molecule has 0 fully saturated rings. The number of aryl methyl sites for hydroxylation is 1. The Bertz CT molecular complexity index is 417. The molecule has 0 unspecified atom stereocenters. The molecule has 0 spiro atoms. The van der Waals surface area contributed by atoms with Crippen molar-refractivity contribution in [3.63, 3.8) is 0 Å². The van der Waals surface area contributed by atoms with E-state index in [0.29, 0.717) is 16.7 Å². The first-order chi connectivity index (χ1) is 9.06. The first-order valence-corrected chi connectivity index (χ1v) is 7.10. The summed E-state index contributed by atoms with van der Waals surface area (Å²) in [5.74, 6) is 1.13. The van der Waals surface area contributed by atoms with Gasteiger partial charge in [-0.25, -0.2) is 0 Å². The van der Waals surface area contributed by atoms with Crippen molar-refractivity contribution in [1.29, 1.82) is 0 Å². The van der Waals surface area contributed by atoms with Gasteiger partial charge < -0.3 is 10.1 Å². The molecule has 0 aromatic heterocycles. The number of halogens is 1. The summed E-state index contributed by atoms with van der Waals surface area (Å²) in [5.41, 5.74) is 0.941. The lowest BCUT2D eigenvalue weighted by Gasteiger charge is -2.13. The minimum atomic E-state index is -0.0838. The highest BCUT2D eigenvalue weighted by Gasteiger charge is 2.07. The highest BCUT2D eigenvalue weighted by molar-refractivity contribution is 6.31. The van der Waals surface area contributed by atoms with Crippen LogP contribution in [0.25, 0.3) is 0 Å². The maximum Gasteiger partial charge on any atom is 0.257 e. The second-order valence-corrected chi connectivity index (χ2v) is 5.09. The molecule has 1 aromatic carbocycles. The van der Waals surface area contributed by atoms with Crippen LogP contribution in [0, 0.1) is 12.8 Å². The van der Waals surface area contributed by atoms with Crippen LogP contribution in [0.2, 0.25) is 5.02 Å². The Morgan fingerprint density at radius 2 is 2.05 bits per heavy atom. The van der Waals surface area contributed by atoms with Gasteiger partial charge in [-0.15, -0.1) is 0 Å². The molecule has 0 bridgehead atoms. The Hall–Kier alpha value is -1.22. The quantitative estimate of drug-likeness (QED) is 0.831. The number of ether oxygens (including phenoxy) is 1. The van der Waals surface area contributed by atoms with Gasteiger partial charge >= 0.3 is 0 Å². The lowest BCUT2D eigenvalue weighted by Crippen LogP contribution is -2.32. The predicted octanol–water partition coefficient (Wildman–Crippen LogP) is 3.58. The summed E-state index contributed by atoms with van der Waals surface area (Å²) in [5, 5.41) is 3.59. The molecule has 0 radical (unpaired) electrons. The number of amides is 1. The van der Waals surface area contributed by atoms with E-state index in [2.05, 4.69) is 19.2 Å². The maximum absolute atomic E-state index is 11.6. The van der Waals surface area contributed by atoms with E-state index in [0.717, 1.165) is 24.9 Å². The van der Waals surface area contributed by atoms with E-state index in [1.807, 2.05) is 13.0 Å². The molecule has 0 aliphatic carbocycles. The predicted molar refractivity (Wildman–Crippen MR) is 78.8 cm³/mol. The number of hydrogen-bond acceptors (Lipinski definition) is 2. The van der Waals surface area contributed by atoms with Crippen LogP contribution in [0.5, 0.6) is 5.75 Å². The van der Waals surface area contributed by atoms with Gasteiger partial charge in [-0.1, -0.05) is 38.3 Å². The maximum atomic E-state index is 11.6. The van der Waals surface area contributed by atoms with Crippen LogP contribution in [0.15, 0.2) is 18.2 Å². The Balaban J connectivity index is 2.35. The number of hydrogen-bond donors (Lipinski definition) is 1. The Morgan fingerprint density at radius 1 is 1.37 bits per heavy atom. The number of carbonyl (C=O) groups is 1. The second-order valence-electron chi connectivity index (χ2n) is 4.69. The molecular formula is C15H22ClNO2. The highest BCUT2D eigenvalue weighted by atomic mass is 35.5. The van der Waals surface area contributed by atoms with Crippen molar-refractivity contribution in [2.75, 3.05) is 13.2 Å². The summed E-state index contributed by atoms with van der Waals surface area (Å²) in [7, 11) is 0. The zero-order chi connectivity index (χ0) is 14.3. The molecule has 1 amide bonds. The van der Waals surface area contributed by atoms with E-state index in [9.17, 15) is 4.79 Å². The largest absolute Gasteiger partial charge is 0.484 e. The van der Waals surface area contributed by atoms with Gasteiger partial charge in [0, 0.05) is 11.6 Å². The summed E-state index contributed by atoms with van der Waals surface area (Å²) in [6.45, 7) is 6.93. The minimum absolute atomic E-state index is 0.0429. The molecule has 4 heteroatoms. The summed E-state index contributed by atoms with van der Waals surface area (Å²) < 4.78 is 5.43. The summed E-state index contributed by atoms with van der Waals surface area (Å²) in [4.78, 5) is 11.6. The van der Waals surface area contributed by atoms with Crippen LogP contribution in [0.1, 0.15) is 32.3 Å². The first-order valence-electron chi connectivity index (χ1n) is 6.72. The molecule has 0 atom stereocenters. The lowest BCUT2D eigenvalue weighted by molar-refractivity contribution is -0.123. The molecule has 0 heterocycles. The SMILES string of the molecule is CCC(CC)CNC(=O)COc1ccc(Cl)c(C)c1. The molecule has 0 saturated carbocycles. The van der Waals surface area contributed by atoms with Gasteiger partial charge in [0.05, 0.1) is 0 Å². The average molecular weight is 284 g/mol. The monoisotopic (exact) mass is 283 g/mol. The number of carbonyl (C=O) groups excluding carboxylic acids is 1. The van der Waals surface area contributed by atoms with Gasteiger partial charge in [-0.3, -0.25) is 4.79 Å². The lowest BCUT2D eigenvalue weighted by atomic mass is 10.0. The van der Waals surface area contributed by atoms with Gasteiger partial charge in [-0.05, 0) is 36.6 Å². The van der Waals surface area contributed by atoms with Gasteiger partial charge in [0.25, 0.3) is 5.91 Å². The summed E-state index contributed by atoms with van der Waals surface area (Å²) >= 11 is 5.93. The third-order valence-corrected chi connectivity index (χ3v) is 3.67. The van der Waals surface area contributed by atoms with Crippen LogP contribution in [-0.2, 0) is 4.79 Å². The van der Waals surface area contributed by atoms with Crippen LogP contribution < -0.4 is 10.1 Å². The fourth-order valence-corrected chi connectivity index (χ4v) is 1.86. The number of benzene rings is 1. The van der Waals surface area contributed by atoms with Crippen LogP contribution in [-0.4, -0.2) is 19.1 Å². The molecule has 3 nitrogen and oxygen atoms in total. The van der Waals surface area contributed by atoms with Crippen molar-refractivity contribution in [1.82, 2.24) is 5.32 Å². The third kappa shape index (κ3) is 5.52. The second kappa shape index (κ2) is 8.05. The van der Waals surface area contributed by atoms with Crippen LogP contribution in [0.3, 0.4) is 0 Å². The van der Waals surface area contributed by atoms with Crippen molar-refractivity contribution >= 4 is 17.5 Å². The first kappa shape index (κ1) is 15.8. The molecule has 19 heavy (non-hydrogen) atoms. The molecular weight excluding hydrogens is 262 g/mol. The molecule has 106 valence electrons. The Labute approximate surface area is 120 Å². The van der Waals surface area contributed by atoms with Gasteiger partial charge in [-0.2, -0.15) is 0 Å². The fraction of sp³-hybridized carbons (Fsp3) is 0.533. The standard InChI is InChI=1S/C15H22ClNO2/c1-4-12(5-2)9-17-15(18)10-19-13-6-7-14(16)11(3)8-13/h6-8,12H,4-5,9-10H2,1-3H3,(H,17,18). The summed E-state index contributed by atoms with van der Waals surface area (Å²) in [6.07, 6.45) is 2.15. The molecule has 0 saturated heterocycles. The molecule has 1 aromatic rings. The molecule has 1 N–H and O–H groups in total. The van der Waals surface area contributed by atoms with E-state index in [4.69, 9.17) is 16.3 Å². The van der Waals surface area contributed by atoms with Gasteiger partial charge in [0.15, 0.2) is 6.61 Å². The highest BCUT2D eigenvalue weighted by Crippen LogP contribution is 2.20. The zero-order valence-corrected chi connectivity index (χ0v) is 12.6. The Kier molecular flexibility index (Phi) is 6.71. The van der Waals surface area contributed by atoms with E-state index in [1.165, 1.54) is 0 Å². The zero-order valence-electron chi connectivity index (χ0n) is 11.8. The van der Waals surface area contributed by atoms with E-state index in [-0.39, 0.29) is 12.5 Å². The van der Waals surface area contributed by atoms with Crippen molar-refractivity contribution in [3.05, 3.63) is 28.8 Å². The van der Waals surface area contributed by atoms with E-state index >= 15 is 0 Å². The van der Waals surface area contributed by atoms with E-state index in [1.54, 1.807) is 12.1 Å². The molecule has 1 rings (SSSR count).